The molecule has 5 N–H and O–H groups in total. The first-order valence-corrected chi connectivity index (χ1v) is 14.7. The van der Waals surface area contributed by atoms with Gasteiger partial charge in [0.05, 0.1) is 5.56 Å². The van der Waals surface area contributed by atoms with Crippen molar-refractivity contribution >= 4 is 51.7 Å². The molecule has 0 radical (unpaired) electrons. The summed E-state index contributed by atoms with van der Waals surface area (Å²) in [5.41, 5.74) is 9.11. The number of nitrogens with two attached hydrogens (primary N) is 1. The second kappa shape index (κ2) is 12.2. The molecular weight excluding hydrogens is 599 g/mol. The fraction of sp³-hybridized carbons (Fsp3) is 0.242. The highest BCUT2D eigenvalue weighted by atomic mass is 19.4. The number of fused-ring (bicyclic) bond motifs is 1. The van der Waals surface area contributed by atoms with Gasteiger partial charge in [-0.05, 0) is 67.2 Å². The van der Waals surface area contributed by atoms with Gasteiger partial charge in [-0.3, -0.25) is 19.3 Å². The van der Waals surface area contributed by atoms with E-state index in [9.17, 15) is 27.6 Å². The molecule has 3 heterocycles. The van der Waals surface area contributed by atoms with Gasteiger partial charge < -0.3 is 31.5 Å². The predicted octanol–water partition coefficient (Wildman–Crippen LogP) is 4.68. The molecule has 0 aliphatic carbocycles. The molecule has 0 aromatic heterocycles. The Morgan fingerprint density at radius 3 is 2.43 bits per heavy atom. The van der Waals surface area contributed by atoms with Gasteiger partial charge in [0.1, 0.15) is 5.92 Å². The first-order valence-electron chi connectivity index (χ1n) is 14.7. The highest BCUT2D eigenvalue weighted by molar-refractivity contribution is 6.06. The molecule has 3 aliphatic heterocycles. The van der Waals surface area contributed by atoms with Crippen molar-refractivity contribution in [3.05, 3.63) is 95.8 Å². The Kier molecular flexibility index (Phi) is 8.17. The van der Waals surface area contributed by atoms with Crippen LogP contribution in [0.4, 0.5) is 41.6 Å². The van der Waals surface area contributed by atoms with Crippen LogP contribution in [0, 0.1) is 5.92 Å². The molecule has 238 valence electrons. The monoisotopic (exact) mass is 631 g/mol. The molecule has 3 aliphatic rings. The van der Waals surface area contributed by atoms with Gasteiger partial charge in [-0.25, -0.2) is 0 Å². The van der Waals surface area contributed by atoms with Crippen LogP contribution in [0.2, 0.25) is 0 Å². The molecular formula is C33H32F3N7O3. The standard InChI is InChI=1S/C33H32F3N7O3/c1-41-9-11-42(12-10-41)26-14-20(13-22(15-26)33(34,35)36)31(45)40-24-4-2-3-23(16-24)39-25-5-6-27-21(18-38-29(27)17-25)19-43-8-7-28(30(37)44)32(43)46/h2-8,13-17,19,28,38-39H,9-12,18H2,1H3,(H2,37,44)(H,40,45). The minimum atomic E-state index is -4.60. The number of nitrogens with one attached hydrogen (secondary N) is 3. The Balaban J connectivity index is 1.15. The van der Waals surface area contributed by atoms with E-state index in [2.05, 4.69) is 20.9 Å². The third-order valence-corrected chi connectivity index (χ3v) is 8.18. The quantitative estimate of drug-likeness (QED) is 0.280. The SMILES string of the molecule is CN1CCN(c2cc(C(=O)Nc3cccc(Nc4ccc5c(c4)NCC5=CN4C=CC(C(N)=O)C4=O)c3)cc(C(F)(F)F)c2)CC1. The van der Waals surface area contributed by atoms with Crippen LogP contribution >= 0.6 is 0 Å². The van der Waals surface area contributed by atoms with E-state index in [1.54, 1.807) is 30.5 Å². The number of primary amides is 1. The van der Waals surface area contributed by atoms with Crippen molar-refractivity contribution in [1.29, 1.82) is 0 Å². The minimum Gasteiger partial charge on any atom is -0.380 e. The smallest absolute Gasteiger partial charge is 0.380 e. The number of alkyl halides is 3. The average molecular weight is 632 g/mol. The van der Waals surface area contributed by atoms with Gasteiger partial charge >= 0.3 is 6.18 Å². The van der Waals surface area contributed by atoms with Crippen LogP contribution in [0.15, 0.2) is 79.1 Å². The van der Waals surface area contributed by atoms with Crippen LogP contribution in [0.3, 0.4) is 0 Å². The Bertz CT molecular complexity index is 1760. The zero-order chi connectivity index (χ0) is 32.6. The Labute approximate surface area is 263 Å². The molecule has 0 saturated carbocycles. The normalized spacial score (nSPS) is 18.9. The van der Waals surface area contributed by atoms with Gasteiger partial charge in [0.25, 0.3) is 5.91 Å². The van der Waals surface area contributed by atoms with Crippen LogP contribution in [0.25, 0.3) is 5.57 Å². The molecule has 46 heavy (non-hydrogen) atoms. The summed E-state index contributed by atoms with van der Waals surface area (Å²) < 4.78 is 41.3. The van der Waals surface area contributed by atoms with Crippen molar-refractivity contribution in [2.75, 3.05) is 60.6 Å². The van der Waals surface area contributed by atoms with Gasteiger partial charge in [-0.2, -0.15) is 13.2 Å². The molecule has 3 amide bonds. The van der Waals surface area contributed by atoms with Crippen LogP contribution in [0.5, 0.6) is 0 Å². The fourth-order valence-electron chi connectivity index (χ4n) is 5.63. The van der Waals surface area contributed by atoms with E-state index in [0.29, 0.717) is 49.8 Å². The van der Waals surface area contributed by atoms with E-state index in [1.165, 1.54) is 23.2 Å². The van der Waals surface area contributed by atoms with Crippen LogP contribution < -0.4 is 26.6 Å². The zero-order valence-electron chi connectivity index (χ0n) is 24.9. The number of carbonyl (C=O) groups is 3. The maximum absolute atomic E-state index is 13.8. The molecule has 1 unspecified atom stereocenters. The highest BCUT2D eigenvalue weighted by Crippen LogP contribution is 2.36. The summed E-state index contributed by atoms with van der Waals surface area (Å²) in [5, 5.41) is 9.32. The summed E-state index contributed by atoms with van der Waals surface area (Å²) >= 11 is 0. The molecule has 1 fully saturated rings. The first kappa shape index (κ1) is 30.7. The summed E-state index contributed by atoms with van der Waals surface area (Å²) in [7, 11) is 1.96. The summed E-state index contributed by atoms with van der Waals surface area (Å²) in [6.45, 7) is 3.03. The number of rotatable bonds is 7. The minimum absolute atomic E-state index is 0.0769. The number of carbonyl (C=O) groups excluding carboxylic acids is 3. The van der Waals surface area contributed by atoms with Crippen molar-refractivity contribution in [2.45, 2.75) is 6.18 Å². The summed E-state index contributed by atoms with van der Waals surface area (Å²) in [5.74, 6) is -2.71. The number of benzene rings is 3. The Morgan fingerprint density at radius 2 is 1.72 bits per heavy atom. The summed E-state index contributed by atoms with van der Waals surface area (Å²) in [6, 6.07) is 16.0. The number of likely N-dealkylation sites (N-methyl/N-ethyl adjacent to an activating group) is 1. The van der Waals surface area contributed by atoms with Crippen LogP contribution in [-0.2, 0) is 15.8 Å². The van der Waals surface area contributed by atoms with Crippen molar-refractivity contribution in [1.82, 2.24) is 9.80 Å². The molecule has 1 saturated heterocycles. The molecule has 0 spiro atoms. The molecule has 1 atom stereocenters. The van der Waals surface area contributed by atoms with E-state index in [-0.39, 0.29) is 5.56 Å². The van der Waals surface area contributed by atoms with Crippen molar-refractivity contribution in [3.8, 4) is 0 Å². The molecule has 3 aromatic rings. The molecule has 6 rings (SSSR count). The van der Waals surface area contributed by atoms with Crippen molar-refractivity contribution < 1.29 is 27.6 Å². The maximum atomic E-state index is 13.8. The average Bonchev–Trinajstić information content (AvgIpc) is 3.59. The first-order chi connectivity index (χ1) is 21.9. The Morgan fingerprint density at radius 1 is 0.978 bits per heavy atom. The van der Waals surface area contributed by atoms with Crippen LogP contribution in [0.1, 0.15) is 21.5 Å². The lowest BCUT2D eigenvalue weighted by atomic mass is 10.1. The fourth-order valence-corrected chi connectivity index (χ4v) is 5.63. The van der Waals surface area contributed by atoms with Crippen molar-refractivity contribution in [3.63, 3.8) is 0 Å². The molecule has 0 bridgehead atoms. The third-order valence-electron chi connectivity index (χ3n) is 8.18. The number of halogens is 3. The van der Waals surface area contributed by atoms with E-state index in [0.717, 1.165) is 34.6 Å². The summed E-state index contributed by atoms with van der Waals surface area (Å²) in [4.78, 5) is 42.4. The van der Waals surface area contributed by atoms with E-state index >= 15 is 0 Å². The number of nitrogens with zero attached hydrogens (tertiary/aromatic N) is 3. The second-order valence-electron chi connectivity index (χ2n) is 11.5. The van der Waals surface area contributed by atoms with E-state index in [1.807, 2.05) is 30.1 Å². The van der Waals surface area contributed by atoms with E-state index in [4.69, 9.17) is 5.73 Å². The number of hydrogen-bond donors (Lipinski definition) is 4. The highest BCUT2D eigenvalue weighted by Gasteiger charge is 2.33. The second-order valence-corrected chi connectivity index (χ2v) is 11.5. The van der Waals surface area contributed by atoms with Gasteiger partial charge in [0.2, 0.25) is 11.8 Å². The largest absolute Gasteiger partial charge is 0.416 e. The number of piperazine rings is 1. The topological polar surface area (TPSA) is 123 Å². The zero-order valence-corrected chi connectivity index (χ0v) is 24.9. The van der Waals surface area contributed by atoms with Gasteiger partial charge in [-0.15, -0.1) is 0 Å². The lowest BCUT2D eigenvalue weighted by molar-refractivity contribution is -0.137. The van der Waals surface area contributed by atoms with Gasteiger partial charge in [0.15, 0.2) is 0 Å². The van der Waals surface area contributed by atoms with Crippen LogP contribution in [-0.4, -0.2) is 67.3 Å². The number of anilines is 5. The maximum Gasteiger partial charge on any atom is 0.416 e. The molecule has 10 nitrogen and oxygen atoms in total. The van der Waals surface area contributed by atoms with Crippen molar-refractivity contribution in [2.24, 2.45) is 11.7 Å². The lowest BCUT2D eigenvalue weighted by Gasteiger charge is -2.34. The predicted molar refractivity (Wildman–Crippen MR) is 170 cm³/mol. The lowest BCUT2D eigenvalue weighted by Crippen LogP contribution is -2.44. The molecule has 13 heteroatoms. The number of hydrogen-bond acceptors (Lipinski definition) is 7. The van der Waals surface area contributed by atoms with Gasteiger partial charge in [-0.1, -0.05) is 12.1 Å². The number of amides is 3. The third kappa shape index (κ3) is 6.54. The Hall–Kier alpha value is -5.30. The van der Waals surface area contributed by atoms with Gasteiger partial charge in [0, 0.05) is 84.7 Å². The molecule has 3 aromatic carbocycles. The van der Waals surface area contributed by atoms with E-state index < -0.39 is 35.4 Å². The summed E-state index contributed by atoms with van der Waals surface area (Å²) in [6.07, 6.45) is 0.0850.